The lowest BCUT2D eigenvalue weighted by Gasteiger charge is -2.40. The van der Waals surface area contributed by atoms with Crippen LogP contribution in [0, 0.1) is 17.6 Å². The summed E-state index contributed by atoms with van der Waals surface area (Å²) in [5.74, 6) is -1.70. The zero-order chi connectivity index (χ0) is 15.5. The smallest absolute Gasteiger partial charge is 0.245 e. The Kier molecular flexibility index (Phi) is 2.95. The number of anilines is 1. The lowest BCUT2D eigenvalue weighted by Crippen LogP contribution is -2.56. The zero-order valence-electron chi connectivity index (χ0n) is 12.4. The first kappa shape index (κ1) is 13.9. The molecule has 118 valence electrons. The second kappa shape index (κ2) is 4.65. The Morgan fingerprint density at radius 3 is 2.73 bits per heavy atom. The Labute approximate surface area is 127 Å². The molecule has 4 aliphatic rings. The van der Waals surface area contributed by atoms with Crippen LogP contribution < -0.4 is 10.1 Å². The van der Waals surface area contributed by atoms with Crippen LogP contribution in [0.5, 0.6) is 5.75 Å². The van der Waals surface area contributed by atoms with Crippen molar-refractivity contribution < 1.29 is 18.3 Å². The van der Waals surface area contributed by atoms with E-state index >= 15 is 0 Å². The molecule has 2 bridgehead atoms. The molecule has 1 N–H and O–H groups in total. The molecular formula is C16H18F2N2O2. The maximum atomic E-state index is 14.2. The van der Waals surface area contributed by atoms with Crippen LogP contribution in [0.2, 0.25) is 0 Å². The van der Waals surface area contributed by atoms with Crippen LogP contribution in [-0.2, 0) is 4.79 Å². The van der Waals surface area contributed by atoms with Gasteiger partial charge < -0.3 is 10.1 Å². The molecule has 4 nitrogen and oxygen atoms in total. The molecule has 0 unspecified atom stereocenters. The Balaban J connectivity index is 1.58. The fourth-order valence-electron chi connectivity index (χ4n) is 3.97. The number of carbonyl (C=O) groups is 1. The lowest BCUT2D eigenvalue weighted by molar-refractivity contribution is -0.129. The standard InChI is InChI=1S/C16H18F2N2O2/c1-22-14-11(17)4-5-12(13(14)18)19-15(21)16-6-9(7-16)8-20(16)10-2-3-10/h4-5,9-10H,2-3,6-8H2,1H3,(H,19,21). The highest BCUT2D eigenvalue weighted by atomic mass is 19.1. The molecule has 0 spiro atoms. The van der Waals surface area contributed by atoms with Crippen LogP contribution in [-0.4, -0.2) is 36.0 Å². The van der Waals surface area contributed by atoms with Crippen molar-refractivity contribution in [2.45, 2.75) is 37.3 Å². The van der Waals surface area contributed by atoms with Gasteiger partial charge in [0.05, 0.1) is 12.8 Å². The van der Waals surface area contributed by atoms with Gasteiger partial charge in [0.15, 0.2) is 17.4 Å². The summed E-state index contributed by atoms with van der Waals surface area (Å²) in [6, 6.07) is 2.85. The Hall–Kier alpha value is -1.69. The first-order valence-electron chi connectivity index (χ1n) is 7.65. The number of hydrogen-bond donors (Lipinski definition) is 1. The van der Waals surface area contributed by atoms with Crippen LogP contribution in [0.25, 0.3) is 0 Å². The number of benzene rings is 1. The molecule has 2 heterocycles. The summed E-state index contributed by atoms with van der Waals surface area (Å²) in [4.78, 5) is 15.0. The van der Waals surface area contributed by atoms with E-state index in [1.54, 1.807) is 0 Å². The lowest BCUT2D eigenvalue weighted by atomic mass is 9.72. The Bertz CT molecular complexity index is 639. The average molecular weight is 308 g/mol. The highest BCUT2D eigenvalue weighted by Crippen LogP contribution is 2.55. The van der Waals surface area contributed by atoms with E-state index in [-0.39, 0.29) is 11.6 Å². The van der Waals surface area contributed by atoms with Crippen LogP contribution in [0.4, 0.5) is 14.5 Å². The molecular weight excluding hydrogens is 290 g/mol. The molecule has 2 aliphatic heterocycles. The SMILES string of the molecule is COc1c(F)ccc(NC(=O)C23CC(CN2C2CC2)C3)c1F. The van der Waals surface area contributed by atoms with Gasteiger partial charge in [-0.3, -0.25) is 9.69 Å². The first-order chi connectivity index (χ1) is 10.5. The van der Waals surface area contributed by atoms with E-state index in [9.17, 15) is 13.6 Å². The number of nitrogens with zero attached hydrogens (tertiary/aromatic N) is 1. The largest absolute Gasteiger partial charge is 0.491 e. The molecule has 1 aromatic carbocycles. The van der Waals surface area contributed by atoms with Crippen molar-refractivity contribution in [2.24, 2.45) is 5.92 Å². The molecule has 5 rings (SSSR count). The predicted octanol–water partition coefficient (Wildman–Crippen LogP) is 2.54. The van der Waals surface area contributed by atoms with Gasteiger partial charge in [-0.1, -0.05) is 0 Å². The van der Waals surface area contributed by atoms with Crippen molar-refractivity contribution in [1.82, 2.24) is 4.90 Å². The van der Waals surface area contributed by atoms with Gasteiger partial charge in [-0.25, -0.2) is 8.78 Å². The van der Waals surface area contributed by atoms with Gasteiger partial charge >= 0.3 is 0 Å². The number of amides is 1. The van der Waals surface area contributed by atoms with Crippen LogP contribution in [0.1, 0.15) is 25.7 Å². The van der Waals surface area contributed by atoms with Gasteiger partial charge in [0.2, 0.25) is 5.91 Å². The molecule has 6 heteroatoms. The van der Waals surface area contributed by atoms with E-state index in [1.807, 2.05) is 0 Å². The third kappa shape index (κ3) is 1.86. The summed E-state index contributed by atoms with van der Waals surface area (Å²) in [6.07, 6.45) is 3.96. The van der Waals surface area contributed by atoms with E-state index in [4.69, 9.17) is 4.74 Å². The molecule has 2 saturated carbocycles. The number of rotatable bonds is 4. The topological polar surface area (TPSA) is 41.6 Å². The summed E-state index contributed by atoms with van der Waals surface area (Å²) in [6.45, 7) is 0.966. The van der Waals surface area contributed by atoms with Crippen molar-refractivity contribution in [3.8, 4) is 5.75 Å². The number of methoxy groups -OCH3 is 1. The van der Waals surface area contributed by atoms with E-state index in [1.165, 1.54) is 13.2 Å². The third-order valence-corrected chi connectivity index (χ3v) is 5.17. The summed E-state index contributed by atoms with van der Waals surface area (Å²) < 4.78 is 32.4. The number of halogens is 2. The summed E-state index contributed by atoms with van der Waals surface area (Å²) >= 11 is 0. The van der Waals surface area contributed by atoms with Gasteiger partial charge in [0, 0.05) is 12.6 Å². The Morgan fingerprint density at radius 1 is 1.36 bits per heavy atom. The van der Waals surface area contributed by atoms with Crippen molar-refractivity contribution in [1.29, 1.82) is 0 Å². The zero-order valence-corrected chi connectivity index (χ0v) is 12.4. The van der Waals surface area contributed by atoms with E-state index in [0.29, 0.717) is 12.0 Å². The maximum absolute atomic E-state index is 14.2. The normalized spacial score (nSPS) is 30.0. The van der Waals surface area contributed by atoms with E-state index < -0.39 is 22.9 Å². The average Bonchev–Trinajstić information content (AvgIpc) is 3.13. The first-order valence-corrected chi connectivity index (χ1v) is 7.65. The summed E-state index contributed by atoms with van der Waals surface area (Å²) in [5.41, 5.74) is -0.511. The molecule has 1 amide bonds. The number of fused-ring (bicyclic) bond motifs is 1. The van der Waals surface area contributed by atoms with Gasteiger partial charge in [-0.05, 0) is 43.7 Å². The van der Waals surface area contributed by atoms with E-state index in [2.05, 4.69) is 10.2 Å². The van der Waals surface area contributed by atoms with Gasteiger partial charge in [-0.15, -0.1) is 0 Å². The second-order valence-electron chi connectivity index (χ2n) is 6.59. The molecule has 2 aliphatic carbocycles. The molecule has 0 radical (unpaired) electrons. The van der Waals surface area contributed by atoms with Gasteiger partial charge in [0.25, 0.3) is 0 Å². The van der Waals surface area contributed by atoms with Crippen LogP contribution >= 0.6 is 0 Å². The third-order valence-electron chi connectivity index (χ3n) is 5.17. The minimum Gasteiger partial charge on any atom is -0.491 e. The minimum atomic E-state index is -0.862. The molecule has 1 aromatic rings. The van der Waals surface area contributed by atoms with Crippen molar-refractivity contribution >= 4 is 11.6 Å². The predicted molar refractivity (Wildman–Crippen MR) is 76.7 cm³/mol. The van der Waals surface area contributed by atoms with Crippen LogP contribution in [0.3, 0.4) is 0 Å². The molecule has 2 saturated heterocycles. The number of ether oxygens (including phenoxy) is 1. The fraction of sp³-hybridized carbons (Fsp3) is 0.562. The summed E-state index contributed by atoms with van der Waals surface area (Å²) in [5, 5.41) is 2.64. The fourth-order valence-corrected chi connectivity index (χ4v) is 3.97. The van der Waals surface area contributed by atoms with Crippen molar-refractivity contribution in [3.05, 3.63) is 23.8 Å². The highest BCUT2D eigenvalue weighted by Gasteiger charge is 2.63. The van der Waals surface area contributed by atoms with Crippen molar-refractivity contribution in [3.63, 3.8) is 0 Å². The molecule has 0 aromatic heterocycles. The molecule has 0 atom stereocenters. The van der Waals surface area contributed by atoms with Gasteiger partial charge in [0.1, 0.15) is 5.54 Å². The Morgan fingerprint density at radius 2 is 2.09 bits per heavy atom. The number of hydrogen-bond acceptors (Lipinski definition) is 3. The highest BCUT2D eigenvalue weighted by molar-refractivity contribution is 5.99. The summed E-state index contributed by atoms with van der Waals surface area (Å²) in [7, 11) is 1.20. The minimum absolute atomic E-state index is 0.0243. The van der Waals surface area contributed by atoms with Crippen molar-refractivity contribution in [2.75, 3.05) is 19.0 Å². The van der Waals surface area contributed by atoms with E-state index in [0.717, 1.165) is 38.3 Å². The maximum Gasteiger partial charge on any atom is 0.245 e. The number of nitrogens with one attached hydrogen (secondary N) is 1. The molecule has 4 fully saturated rings. The quantitative estimate of drug-likeness (QED) is 0.929. The van der Waals surface area contributed by atoms with Crippen LogP contribution in [0.15, 0.2) is 12.1 Å². The monoisotopic (exact) mass is 308 g/mol. The second-order valence-corrected chi connectivity index (χ2v) is 6.59. The van der Waals surface area contributed by atoms with Gasteiger partial charge in [-0.2, -0.15) is 0 Å². The number of carbonyl (C=O) groups excluding carboxylic acids is 1. The molecule has 22 heavy (non-hydrogen) atoms.